The van der Waals surface area contributed by atoms with E-state index in [0.29, 0.717) is 11.8 Å². The molecule has 3 heteroatoms. The second-order valence-electron chi connectivity index (χ2n) is 5.46. The molecule has 100 valence electrons. The van der Waals surface area contributed by atoms with Gasteiger partial charge in [0, 0.05) is 16.9 Å². The van der Waals surface area contributed by atoms with Gasteiger partial charge in [-0.15, -0.1) is 0 Å². The summed E-state index contributed by atoms with van der Waals surface area (Å²) in [5.74, 6) is 2.75. The van der Waals surface area contributed by atoms with Gasteiger partial charge in [-0.2, -0.15) is 0 Å². The van der Waals surface area contributed by atoms with Gasteiger partial charge < -0.3 is 10.5 Å². The van der Waals surface area contributed by atoms with Gasteiger partial charge in [0.15, 0.2) is 0 Å². The molecule has 1 fully saturated rings. The Labute approximate surface area is 117 Å². The molecule has 2 N–H and O–H groups in total. The molecule has 0 amide bonds. The van der Waals surface area contributed by atoms with Gasteiger partial charge in [0.2, 0.25) is 0 Å². The molecule has 2 aromatic carbocycles. The normalized spacial score (nSPS) is 23.9. The number of nitrogens with two attached hydrogens (primary N) is 1. The van der Waals surface area contributed by atoms with E-state index >= 15 is 0 Å². The fraction of sp³-hybridized carbons (Fsp3) is 0.235. The van der Waals surface area contributed by atoms with E-state index in [9.17, 15) is 0 Å². The van der Waals surface area contributed by atoms with Crippen molar-refractivity contribution in [3.63, 3.8) is 0 Å². The lowest BCUT2D eigenvalue weighted by Gasteiger charge is -2.13. The average Bonchev–Trinajstić information content (AvgIpc) is 3.26. The van der Waals surface area contributed by atoms with Crippen LogP contribution < -0.4 is 10.5 Å². The highest BCUT2D eigenvalue weighted by Gasteiger charge is 2.41. The fourth-order valence-electron chi connectivity index (χ4n) is 3.02. The molecular formula is C17H16N2O. The maximum Gasteiger partial charge on any atom is 0.126 e. The number of rotatable bonds is 2. The number of amidine groups is 1. The lowest BCUT2D eigenvalue weighted by atomic mass is 9.99. The number of nitrogens with zero attached hydrogens (tertiary/aromatic N) is 1. The van der Waals surface area contributed by atoms with Crippen molar-refractivity contribution in [3.8, 4) is 5.75 Å². The van der Waals surface area contributed by atoms with Crippen LogP contribution in [0.3, 0.4) is 0 Å². The fourth-order valence-corrected chi connectivity index (χ4v) is 3.02. The molecule has 1 aliphatic carbocycles. The van der Waals surface area contributed by atoms with Crippen molar-refractivity contribution in [1.29, 1.82) is 0 Å². The Morgan fingerprint density at radius 1 is 1.15 bits per heavy atom. The van der Waals surface area contributed by atoms with Crippen LogP contribution >= 0.6 is 0 Å². The number of allylic oxidation sites excluding steroid dienone is 1. The minimum atomic E-state index is 0.489. The molecule has 0 spiro atoms. The highest BCUT2D eigenvalue weighted by atomic mass is 16.5. The standard InChI is InChI=1S/C17H16N2O/c1-20-16-7-6-12(11-4-2-3-5-13(11)16)15-9-10-8-14(10)17(18)19-15/h2-7,9-10,14H,8H2,1H3,(H2,18,19). The molecule has 2 aromatic rings. The summed E-state index contributed by atoms with van der Waals surface area (Å²) in [5, 5.41) is 2.27. The zero-order valence-electron chi connectivity index (χ0n) is 11.3. The SMILES string of the molecule is COc1ccc(C2=CC3CC3C(N)=N2)c2ccccc12. The zero-order valence-corrected chi connectivity index (χ0v) is 11.3. The van der Waals surface area contributed by atoms with Crippen molar-refractivity contribution in [1.82, 2.24) is 0 Å². The molecule has 3 nitrogen and oxygen atoms in total. The number of hydrogen-bond acceptors (Lipinski definition) is 3. The minimum Gasteiger partial charge on any atom is -0.496 e. The summed E-state index contributed by atoms with van der Waals surface area (Å²) in [6.45, 7) is 0. The lowest BCUT2D eigenvalue weighted by molar-refractivity contribution is 0.420. The van der Waals surface area contributed by atoms with Gasteiger partial charge in [0.05, 0.1) is 12.8 Å². The Hall–Kier alpha value is -2.29. The van der Waals surface area contributed by atoms with Crippen molar-refractivity contribution in [3.05, 3.63) is 48.0 Å². The van der Waals surface area contributed by atoms with E-state index in [2.05, 4.69) is 29.3 Å². The largest absolute Gasteiger partial charge is 0.496 e. The Morgan fingerprint density at radius 2 is 1.95 bits per heavy atom. The summed E-state index contributed by atoms with van der Waals surface area (Å²) in [5.41, 5.74) is 8.17. The van der Waals surface area contributed by atoms with E-state index in [-0.39, 0.29) is 0 Å². The molecular weight excluding hydrogens is 248 g/mol. The van der Waals surface area contributed by atoms with Crippen LogP contribution in [0.5, 0.6) is 5.75 Å². The van der Waals surface area contributed by atoms with E-state index in [4.69, 9.17) is 10.5 Å². The molecule has 2 aliphatic rings. The van der Waals surface area contributed by atoms with Crippen molar-refractivity contribution in [2.75, 3.05) is 7.11 Å². The summed E-state index contributed by atoms with van der Waals surface area (Å²) in [4.78, 5) is 4.60. The predicted molar refractivity (Wildman–Crippen MR) is 81.7 cm³/mol. The van der Waals surface area contributed by atoms with Crippen LogP contribution in [0.1, 0.15) is 12.0 Å². The third-order valence-corrected chi connectivity index (χ3v) is 4.22. The van der Waals surface area contributed by atoms with E-state index < -0.39 is 0 Å². The Balaban J connectivity index is 1.93. The number of benzene rings is 2. The maximum absolute atomic E-state index is 6.03. The molecule has 20 heavy (non-hydrogen) atoms. The van der Waals surface area contributed by atoms with Crippen LogP contribution in [-0.4, -0.2) is 12.9 Å². The lowest BCUT2D eigenvalue weighted by Crippen LogP contribution is -2.17. The first-order chi connectivity index (χ1) is 9.78. The van der Waals surface area contributed by atoms with Crippen LogP contribution in [0.4, 0.5) is 0 Å². The van der Waals surface area contributed by atoms with Gasteiger partial charge in [-0.3, -0.25) is 0 Å². The molecule has 0 aromatic heterocycles. The third kappa shape index (κ3) is 1.63. The van der Waals surface area contributed by atoms with E-state index in [1.807, 2.05) is 18.2 Å². The monoisotopic (exact) mass is 264 g/mol. The van der Waals surface area contributed by atoms with Crippen molar-refractivity contribution in [2.45, 2.75) is 6.42 Å². The van der Waals surface area contributed by atoms with Crippen LogP contribution in [-0.2, 0) is 0 Å². The van der Waals surface area contributed by atoms with Crippen LogP contribution in [0.15, 0.2) is 47.5 Å². The van der Waals surface area contributed by atoms with Gasteiger partial charge in [0.1, 0.15) is 11.6 Å². The molecule has 4 rings (SSSR count). The first-order valence-electron chi connectivity index (χ1n) is 6.90. The molecule has 0 bridgehead atoms. The van der Waals surface area contributed by atoms with Gasteiger partial charge >= 0.3 is 0 Å². The van der Waals surface area contributed by atoms with Crippen LogP contribution in [0.2, 0.25) is 0 Å². The van der Waals surface area contributed by atoms with Crippen molar-refractivity contribution >= 4 is 22.3 Å². The molecule has 1 aliphatic heterocycles. The number of ether oxygens (including phenoxy) is 1. The van der Waals surface area contributed by atoms with Crippen LogP contribution in [0, 0.1) is 11.8 Å². The third-order valence-electron chi connectivity index (χ3n) is 4.22. The topological polar surface area (TPSA) is 47.6 Å². The van der Waals surface area contributed by atoms with Crippen LogP contribution in [0.25, 0.3) is 16.5 Å². The molecule has 2 unspecified atom stereocenters. The molecule has 0 radical (unpaired) electrons. The Kier molecular flexibility index (Phi) is 2.36. The summed E-state index contributed by atoms with van der Waals surface area (Å²) in [6.07, 6.45) is 3.40. The Bertz CT molecular complexity index is 761. The highest BCUT2D eigenvalue weighted by Crippen LogP contribution is 2.46. The van der Waals surface area contributed by atoms with Gasteiger partial charge in [0.25, 0.3) is 0 Å². The van der Waals surface area contributed by atoms with Gasteiger partial charge in [-0.25, -0.2) is 4.99 Å². The van der Waals surface area contributed by atoms with E-state index in [0.717, 1.165) is 40.0 Å². The second-order valence-corrected chi connectivity index (χ2v) is 5.46. The summed E-state index contributed by atoms with van der Waals surface area (Å²) in [6, 6.07) is 12.3. The number of methoxy groups -OCH3 is 1. The summed E-state index contributed by atoms with van der Waals surface area (Å²) in [7, 11) is 1.70. The number of aliphatic imine (C=N–C) groups is 1. The number of fused-ring (bicyclic) bond motifs is 2. The summed E-state index contributed by atoms with van der Waals surface area (Å²) >= 11 is 0. The quantitative estimate of drug-likeness (QED) is 0.905. The highest BCUT2D eigenvalue weighted by molar-refractivity contribution is 6.01. The Morgan fingerprint density at radius 3 is 2.70 bits per heavy atom. The van der Waals surface area contributed by atoms with Gasteiger partial charge in [-0.1, -0.05) is 30.3 Å². The predicted octanol–water partition coefficient (Wildman–Crippen LogP) is 3.20. The van der Waals surface area contributed by atoms with Crippen molar-refractivity contribution in [2.24, 2.45) is 22.6 Å². The van der Waals surface area contributed by atoms with E-state index in [1.165, 1.54) is 0 Å². The smallest absolute Gasteiger partial charge is 0.126 e. The van der Waals surface area contributed by atoms with Gasteiger partial charge in [-0.05, 0) is 29.9 Å². The molecule has 0 saturated heterocycles. The second kappa shape index (κ2) is 4.10. The first kappa shape index (κ1) is 11.5. The maximum atomic E-state index is 6.03. The average molecular weight is 264 g/mol. The number of hydrogen-bond donors (Lipinski definition) is 1. The zero-order chi connectivity index (χ0) is 13.7. The summed E-state index contributed by atoms with van der Waals surface area (Å²) < 4.78 is 5.44. The molecule has 1 saturated carbocycles. The van der Waals surface area contributed by atoms with Crippen molar-refractivity contribution < 1.29 is 4.74 Å². The minimum absolute atomic E-state index is 0.489. The van der Waals surface area contributed by atoms with E-state index in [1.54, 1.807) is 7.11 Å². The molecule has 1 heterocycles. The first-order valence-corrected chi connectivity index (χ1v) is 6.90. The molecule has 2 atom stereocenters.